The van der Waals surface area contributed by atoms with Crippen molar-refractivity contribution in [3.63, 3.8) is 0 Å². The van der Waals surface area contributed by atoms with Crippen LogP contribution in [0.1, 0.15) is 26.2 Å². The lowest BCUT2D eigenvalue weighted by Crippen LogP contribution is -2.40. The Hall–Kier alpha value is -0.170. The number of β-amino-alcohol motifs (C(OH)–C–C–N with tert-alkyl or cyclic N) is 1. The summed E-state index contributed by atoms with van der Waals surface area (Å²) in [4.78, 5) is 2.31. The highest BCUT2D eigenvalue weighted by Crippen LogP contribution is 2.16. The number of hydrogen-bond donors (Lipinski definition) is 2. The number of rotatable bonds is 8. The summed E-state index contributed by atoms with van der Waals surface area (Å²) in [5.74, 6) is 0.954. The maximum absolute atomic E-state index is 11.0. The summed E-state index contributed by atoms with van der Waals surface area (Å²) >= 11 is 0. The van der Waals surface area contributed by atoms with Crippen LogP contribution in [0.15, 0.2) is 0 Å². The zero-order chi connectivity index (χ0) is 14.3. The van der Waals surface area contributed by atoms with Crippen LogP contribution >= 0.6 is 0 Å². The SMILES string of the molecule is CC(O)CN1CCC(CNCCCS(C)(=O)=O)CC1. The Morgan fingerprint density at radius 2 is 2.00 bits per heavy atom. The van der Waals surface area contributed by atoms with E-state index in [9.17, 15) is 13.5 Å². The summed E-state index contributed by atoms with van der Waals surface area (Å²) in [6.07, 6.45) is 4.05. The summed E-state index contributed by atoms with van der Waals surface area (Å²) in [6.45, 7) is 6.47. The van der Waals surface area contributed by atoms with E-state index >= 15 is 0 Å². The average Bonchev–Trinajstić information content (AvgIpc) is 2.28. The van der Waals surface area contributed by atoms with Gasteiger partial charge < -0.3 is 15.3 Å². The van der Waals surface area contributed by atoms with Crippen molar-refractivity contribution in [2.24, 2.45) is 5.92 Å². The largest absolute Gasteiger partial charge is 0.392 e. The van der Waals surface area contributed by atoms with Gasteiger partial charge >= 0.3 is 0 Å². The average molecular weight is 292 g/mol. The zero-order valence-corrected chi connectivity index (χ0v) is 13.0. The van der Waals surface area contributed by atoms with Gasteiger partial charge in [0.2, 0.25) is 0 Å². The minimum atomic E-state index is -2.82. The Balaban J connectivity index is 2.03. The van der Waals surface area contributed by atoms with Crippen molar-refractivity contribution in [3.05, 3.63) is 0 Å². The van der Waals surface area contributed by atoms with Crippen molar-refractivity contribution in [2.75, 3.05) is 44.7 Å². The van der Waals surface area contributed by atoms with Gasteiger partial charge in [-0.05, 0) is 58.3 Å². The molecule has 0 aromatic heterocycles. The molecule has 2 N–H and O–H groups in total. The number of nitrogens with zero attached hydrogens (tertiary/aromatic N) is 1. The van der Waals surface area contributed by atoms with Crippen LogP contribution < -0.4 is 5.32 Å². The second-order valence-corrected chi connectivity index (χ2v) is 8.04. The molecule has 0 amide bonds. The predicted octanol–water partition coefficient (Wildman–Crippen LogP) is 0.104. The number of aliphatic hydroxyl groups is 1. The molecule has 0 aliphatic carbocycles. The van der Waals surface area contributed by atoms with Gasteiger partial charge in [-0.3, -0.25) is 0 Å². The van der Waals surface area contributed by atoms with E-state index in [1.54, 1.807) is 0 Å². The fraction of sp³-hybridized carbons (Fsp3) is 1.00. The lowest BCUT2D eigenvalue weighted by Gasteiger charge is -2.32. The van der Waals surface area contributed by atoms with Crippen LogP contribution in [0.3, 0.4) is 0 Å². The van der Waals surface area contributed by atoms with Crippen molar-refractivity contribution in [1.29, 1.82) is 0 Å². The smallest absolute Gasteiger partial charge is 0.147 e. The zero-order valence-electron chi connectivity index (χ0n) is 12.1. The van der Waals surface area contributed by atoms with Crippen LogP contribution in [-0.2, 0) is 9.84 Å². The van der Waals surface area contributed by atoms with Gasteiger partial charge in [0.25, 0.3) is 0 Å². The Morgan fingerprint density at radius 1 is 1.37 bits per heavy atom. The van der Waals surface area contributed by atoms with Crippen molar-refractivity contribution in [2.45, 2.75) is 32.3 Å². The van der Waals surface area contributed by atoms with Crippen LogP contribution in [0.5, 0.6) is 0 Å². The third-order valence-electron chi connectivity index (χ3n) is 3.53. The van der Waals surface area contributed by atoms with Gasteiger partial charge in [0.05, 0.1) is 11.9 Å². The molecule has 1 rings (SSSR count). The molecule has 1 heterocycles. The second kappa shape index (κ2) is 8.19. The third-order valence-corrected chi connectivity index (χ3v) is 4.56. The number of piperidine rings is 1. The van der Waals surface area contributed by atoms with E-state index < -0.39 is 9.84 Å². The van der Waals surface area contributed by atoms with Gasteiger partial charge in [0.1, 0.15) is 9.84 Å². The molecule has 1 aliphatic heterocycles. The van der Waals surface area contributed by atoms with Crippen LogP contribution in [-0.4, -0.2) is 69.3 Å². The minimum absolute atomic E-state index is 0.245. The maximum Gasteiger partial charge on any atom is 0.147 e. The Labute approximate surface area is 117 Å². The highest BCUT2D eigenvalue weighted by Gasteiger charge is 2.19. The topological polar surface area (TPSA) is 69.6 Å². The summed E-state index contributed by atoms with van der Waals surface area (Å²) in [5.41, 5.74) is 0. The molecule has 114 valence electrons. The molecule has 1 atom stereocenters. The number of aliphatic hydroxyl groups excluding tert-OH is 1. The monoisotopic (exact) mass is 292 g/mol. The molecule has 1 fully saturated rings. The first kappa shape index (κ1) is 16.9. The number of likely N-dealkylation sites (tertiary alicyclic amines) is 1. The first-order chi connectivity index (χ1) is 8.87. The van der Waals surface area contributed by atoms with Gasteiger partial charge in [-0.15, -0.1) is 0 Å². The van der Waals surface area contributed by atoms with Crippen molar-refractivity contribution in [1.82, 2.24) is 10.2 Å². The normalized spacial score (nSPS) is 20.6. The maximum atomic E-state index is 11.0. The van der Waals surface area contributed by atoms with E-state index in [4.69, 9.17) is 0 Å². The molecule has 1 aliphatic rings. The molecule has 6 heteroatoms. The van der Waals surface area contributed by atoms with E-state index in [1.807, 2.05) is 6.92 Å². The van der Waals surface area contributed by atoms with Gasteiger partial charge in [0, 0.05) is 12.8 Å². The number of sulfone groups is 1. The lowest BCUT2D eigenvalue weighted by molar-refractivity contribution is 0.0999. The first-order valence-electron chi connectivity index (χ1n) is 7.15. The van der Waals surface area contributed by atoms with Gasteiger partial charge in [0.15, 0.2) is 0 Å². The quantitative estimate of drug-likeness (QED) is 0.621. The minimum Gasteiger partial charge on any atom is -0.392 e. The Morgan fingerprint density at radius 3 is 2.53 bits per heavy atom. The van der Waals surface area contributed by atoms with E-state index in [-0.39, 0.29) is 11.9 Å². The first-order valence-corrected chi connectivity index (χ1v) is 9.22. The third kappa shape index (κ3) is 8.57. The van der Waals surface area contributed by atoms with E-state index in [0.29, 0.717) is 12.3 Å². The van der Waals surface area contributed by atoms with Gasteiger partial charge in [-0.25, -0.2) is 8.42 Å². The van der Waals surface area contributed by atoms with E-state index in [1.165, 1.54) is 6.26 Å². The molecule has 5 nitrogen and oxygen atoms in total. The summed E-state index contributed by atoms with van der Waals surface area (Å²) in [5, 5.41) is 12.7. The molecule has 0 spiro atoms. The summed E-state index contributed by atoms with van der Waals surface area (Å²) in [7, 11) is -2.82. The Kier molecular flexibility index (Phi) is 7.28. The summed E-state index contributed by atoms with van der Waals surface area (Å²) < 4.78 is 21.9. The van der Waals surface area contributed by atoms with Crippen LogP contribution in [0.2, 0.25) is 0 Å². The molecule has 19 heavy (non-hydrogen) atoms. The van der Waals surface area contributed by atoms with E-state index in [0.717, 1.165) is 45.6 Å². The molecule has 0 bridgehead atoms. The standard InChI is InChI=1S/C13H28N2O3S/c1-12(16)11-15-7-4-13(5-8-15)10-14-6-3-9-19(2,17)18/h12-14,16H,3-11H2,1-2H3. The molecule has 0 aromatic carbocycles. The van der Waals surface area contributed by atoms with Crippen LogP contribution in [0, 0.1) is 5.92 Å². The van der Waals surface area contributed by atoms with Crippen LogP contribution in [0.25, 0.3) is 0 Å². The van der Waals surface area contributed by atoms with Crippen molar-refractivity contribution >= 4 is 9.84 Å². The van der Waals surface area contributed by atoms with Crippen molar-refractivity contribution < 1.29 is 13.5 Å². The molecule has 0 saturated carbocycles. The highest BCUT2D eigenvalue weighted by atomic mass is 32.2. The summed E-state index contributed by atoms with van der Waals surface area (Å²) in [6, 6.07) is 0. The highest BCUT2D eigenvalue weighted by molar-refractivity contribution is 7.90. The number of nitrogens with one attached hydrogen (secondary N) is 1. The second-order valence-electron chi connectivity index (χ2n) is 5.78. The molecular weight excluding hydrogens is 264 g/mol. The molecular formula is C13H28N2O3S. The molecule has 1 saturated heterocycles. The molecule has 0 radical (unpaired) electrons. The van der Waals surface area contributed by atoms with Gasteiger partial charge in [-0.2, -0.15) is 0 Å². The predicted molar refractivity (Wildman–Crippen MR) is 78.0 cm³/mol. The van der Waals surface area contributed by atoms with Crippen LogP contribution in [0.4, 0.5) is 0 Å². The van der Waals surface area contributed by atoms with Gasteiger partial charge in [-0.1, -0.05) is 0 Å². The van der Waals surface area contributed by atoms with Crippen molar-refractivity contribution in [3.8, 4) is 0 Å². The van der Waals surface area contributed by atoms with E-state index in [2.05, 4.69) is 10.2 Å². The fourth-order valence-electron chi connectivity index (χ4n) is 2.51. The Bertz CT molecular complexity index is 336. The number of hydrogen-bond acceptors (Lipinski definition) is 5. The molecule has 0 aromatic rings. The lowest BCUT2D eigenvalue weighted by atomic mass is 9.96. The fourth-order valence-corrected chi connectivity index (χ4v) is 3.18. The molecule has 1 unspecified atom stereocenters.